The van der Waals surface area contributed by atoms with Gasteiger partial charge in [-0.3, -0.25) is 9.36 Å². The van der Waals surface area contributed by atoms with Crippen molar-refractivity contribution in [1.82, 2.24) is 9.13 Å². The number of carbonyl (C=O) groups excluding carboxylic acids is 1. The molecule has 0 aliphatic heterocycles. The quantitative estimate of drug-likeness (QED) is 0.484. The Bertz CT molecular complexity index is 1190. The number of carbonyl (C=O) groups is 1. The number of Topliss-reactive ketones (excluding diaryl/α,β-unsaturated/α-hetero) is 1. The van der Waals surface area contributed by atoms with Crippen molar-refractivity contribution in [1.29, 1.82) is 0 Å². The summed E-state index contributed by atoms with van der Waals surface area (Å²) in [4.78, 5) is 25.1. The fourth-order valence-corrected chi connectivity index (χ4v) is 3.47. The van der Waals surface area contributed by atoms with E-state index in [1.54, 1.807) is 24.5 Å². The summed E-state index contributed by atoms with van der Waals surface area (Å²) in [5, 5.41) is 0.469. The van der Waals surface area contributed by atoms with E-state index in [4.69, 9.17) is 20.4 Å². The van der Waals surface area contributed by atoms with E-state index in [1.165, 1.54) is 4.57 Å². The van der Waals surface area contributed by atoms with Crippen LogP contribution in [0, 0.1) is 13.8 Å². The predicted octanol–water partition coefficient (Wildman–Crippen LogP) is 4.19. The molecule has 0 saturated heterocycles. The van der Waals surface area contributed by atoms with Gasteiger partial charge in [0.2, 0.25) is 0 Å². The van der Waals surface area contributed by atoms with Gasteiger partial charge < -0.3 is 13.4 Å². The average Bonchev–Trinajstić information content (AvgIpc) is 3.31. The molecule has 0 radical (unpaired) electrons. The van der Waals surface area contributed by atoms with Crippen LogP contribution in [-0.4, -0.2) is 14.9 Å². The van der Waals surface area contributed by atoms with Gasteiger partial charge in [-0.1, -0.05) is 11.6 Å². The Morgan fingerprint density at radius 1 is 1.15 bits per heavy atom. The van der Waals surface area contributed by atoms with Gasteiger partial charge in [-0.15, -0.1) is 0 Å². The maximum Gasteiger partial charge on any atom is 0.420 e. The molecule has 0 unspecified atom stereocenters. The van der Waals surface area contributed by atoms with Crippen LogP contribution < -0.4 is 5.76 Å². The van der Waals surface area contributed by atoms with Crippen LogP contribution in [0.15, 0.2) is 56.3 Å². The Kier molecular flexibility index (Phi) is 4.28. The first-order valence-electron chi connectivity index (χ1n) is 8.45. The third kappa shape index (κ3) is 3.13. The summed E-state index contributed by atoms with van der Waals surface area (Å²) in [6, 6.07) is 10.5. The smallest absolute Gasteiger partial charge is 0.420 e. The highest BCUT2D eigenvalue weighted by Gasteiger charge is 2.19. The van der Waals surface area contributed by atoms with E-state index < -0.39 is 5.76 Å². The minimum atomic E-state index is -0.579. The SMILES string of the molecule is Cc1cc(C(=O)Cn2c(=O)oc3cc(Cl)ccc32)c(C)n1Cc1ccco1. The molecule has 0 bridgehead atoms. The molecule has 0 saturated carbocycles. The molecule has 27 heavy (non-hydrogen) atoms. The van der Waals surface area contributed by atoms with Crippen molar-refractivity contribution >= 4 is 28.5 Å². The monoisotopic (exact) mass is 384 g/mol. The number of rotatable bonds is 5. The van der Waals surface area contributed by atoms with Crippen LogP contribution in [0.3, 0.4) is 0 Å². The molecular weight excluding hydrogens is 368 g/mol. The Labute approximate surface area is 159 Å². The number of aromatic nitrogens is 2. The topological polar surface area (TPSA) is 70.3 Å². The lowest BCUT2D eigenvalue weighted by Crippen LogP contribution is -2.20. The second kappa shape index (κ2) is 6.63. The van der Waals surface area contributed by atoms with E-state index in [2.05, 4.69) is 0 Å². The van der Waals surface area contributed by atoms with E-state index >= 15 is 0 Å². The minimum Gasteiger partial charge on any atom is -0.467 e. The van der Waals surface area contributed by atoms with Crippen LogP contribution in [0.1, 0.15) is 27.5 Å². The molecular formula is C20H17ClN2O4. The van der Waals surface area contributed by atoms with Crippen molar-refractivity contribution < 1.29 is 13.6 Å². The second-order valence-corrected chi connectivity index (χ2v) is 6.88. The number of hydrogen-bond donors (Lipinski definition) is 0. The first-order chi connectivity index (χ1) is 12.9. The molecule has 0 fully saturated rings. The fourth-order valence-electron chi connectivity index (χ4n) is 3.30. The van der Waals surface area contributed by atoms with E-state index in [1.807, 2.05) is 36.6 Å². The Morgan fingerprint density at radius 2 is 1.96 bits per heavy atom. The van der Waals surface area contributed by atoms with Crippen LogP contribution in [0.4, 0.5) is 0 Å². The molecule has 0 N–H and O–H groups in total. The van der Waals surface area contributed by atoms with Crippen LogP contribution in [-0.2, 0) is 13.1 Å². The molecule has 1 aromatic carbocycles. The number of benzene rings is 1. The van der Waals surface area contributed by atoms with Crippen LogP contribution >= 0.6 is 11.6 Å². The summed E-state index contributed by atoms with van der Waals surface area (Å²) in [7, 11) is 0. The summed E-state index contributed by atoms with van der Waals surface area (Å²) in [5.41, 5.74) is 3.27. The van der Waals surface area contributed by atoms with Gasteiger partial charge in [-0.25, -0.2) is 4.79 Å². The van der Waals surface area contributed by atoms with Gasteiger partial charge in [0, 0.05) is 28.0 Å². The summed E-state index contributed by atoms with van der Waals surface area (Å²) < 4.78 is 13.9. The number of ketones is 1. The number of fused-ring (bicyclic) bond motifs is 1. The maximum absolute atomic E-state index is 12.9. The highest BCUT2D eigenvalue weighted by molar-refractivity contribution is 6.31. The summed E-state index contributed by atoms with van der Waals surface area (Å²) >= 11 is 5.93. The fraction of sp³-hybridized carbons (Fsp3) is 0.200. The Balaban J connectivity index is 1.66. The molecule has 7 heteroatoms. The third-order valence-electron chi connectivity index (χ3n) is 4.70. The van der Waals surface area contributed by atoms with Crippen molar-refractivity contribution in [3.8, 4) is 0 Å². The number of nitrogens with zero attached hydrogens (tertiary/aromatic N) is 2. The predicted molar refractivity (Wildman–Crippen MR) is 102 cm³/mol. The molecule has 0 spiro atoms. The Hall–Kier alpha value is -2.99. The summed E-state index contributed by atoms with van der Waals surface area (Å²) in [6.07, 6.45) is 1.62. The second-order valence-electron chi connectivity index (χ2n) is 6.44. The van der Waals surface area contributed by atoms with Crippen molar-refractivity contribution in [2.45, 2.75) is 26.9 Å². The van der Waals surface area contributed by atoms with Crippen molar-refractivity contribution in [3.05, 3.63) is 80.9 Å². The molecule has 0 aliphatic carbocycles. The number of hydrogen-bond acceptors (Lipinski definition) is 4. The largest absolute Gasteiger partial charge is 0.467 e. The van der Waals surface area contributed by atoms with Gasteiger partial charge in [-0.05, 0) is 44.2 Å². The maximum atomic E-state index is 12.9. The molecule has 4 rings (SSSR count). The van der Waals surface area contributed by atoms with Gasteiger partial charge in [0.1, 0.15) is 5.76 Å². The molecule has 0 amide bonds. The molecule has 0 aliphatic rings. The lowest BCUT2D eigenvalue weighted by atomic mass is 10.1. The molecule has 4 aromatic rings. The highest BCUT2D eigenvalue weighted by Crippen LogP contribution is 2.21. The lowest BCUT2D eigenvalue weighted by molar-refractivity contribution is 0.0970. The zero-order chi connectivity index (χ0) is 19.1. The van der Waals surface area contributed by atoms with Crippen molar-refractivity contribution in [3.63, 3.8) is 0 Å². The van der Waals surface area contributed by atoms with E-state index in [0.29, 0.717) is 28.2 Å². The highest BCUT2D eigenvalue weighted by atomic mass is 35.5. The zero-order valence-corrected chi connectivity index (χ0v) is 15.6. The van der Waals surface area contributed by atoms with Gasteiger partial charge in [0.05, 0.1) is 24.9 Å². The first kappa shape index (κ1) is 17.4. The average molecular weight is 385 g/mol. The normalized spacial score (nSPS) is 11.4. The third-order valence-corrected chi connectivity index (χ3v) is 4.94. The van der Waals surface area contributed by atoms with Gasteiger partial charge >= 0.3 is 5.76 Å². The molecule has 6 nitrogen and oxygen atoms in total. The summed E-state index contributed by atoms with van der Waals surface area (Å²) in [5.74, 6) is 0.0725. The first-order valence-corrected chi connectivity index (χ1v) is 8.83. The van der Waals surface area contributed by atoms with Crippen molar-refractivity contribution in [2.75, 3.05) is 0 Å². The zero-order valence-electron chi connectivity index (χ0n) is 14.9. The molecule has 3 aromatic heterocycles. The minimum absolute atomic E-state index is 0.0987. The van der Waals surface area contributed by atoms with E-state index in [9.17, 15) is 9.59 Å². The van der Waals surface area contributed by atoms with E-state index in [0.717, 1.165) is 17.1 Å². The standard InChI is InChI=1S/C20H17ClN2O4/c1-12-8-16(13(2)22(12)10-15-4-3-7-26-15)18(24)11-23-17-6-5-14(21)9-19(17)27-20(23)25/h3-9H,10-11H2,1-2H3. The van der Waals surface area contributed by atoms with Crippen LogP contribution in [0.5, 0.6) is 0 Å². The lowest BCUT2D eigenvalue weighted by Gasteiger charge is -2.08. The number of aryl methyl sites for hydroxylation is 1. The van der Waals surface area contributed by atoms with Crippen molar-refractivity contribution in [2.24, 2.45) is 0 Å². The van der Waals surface area contributed by atoms with Gasteiger partial charge in [-0.2, -0.15) is 0 Å². The molecule has 0 atom stereocenters. The number of oxazole rings is 1. The van der Waals surface area contributed by atoms with Gasteiger partial charge in [0.25, 0.3) is 0 Å². The molecule has 138 valence electrons. The summed E-state index contributed by atoms with van der Waals surface area (Å²) in [6.45, 7) is 4.27. The number of halogens is 1. The Morgan fingerprint density at radius 3 is 2.70 bits per heavy atom. The van der Waals surface area contributed by atoms with Crippen LogP contribution in [0.25, 0.3) is 11.1 Å². The van der Waals surface area contributed by atoms with E-state index in [-0.39, 0.29) is 12.3 Å². The molecule has 3 heterocycles. The van der Waals surface area contributed by atoms with Gasteiger partial charge in [0.15, 0.2) is 11.4 Å². The van der Waals surface area contributed by atoms with Crippen LogP contribution in [0.2, 0.25) is 5.02 Å². The number of furan rings is 1.